The number of hydrogen-bond acceptors (Lipinski definition) is 6. The lowest BCUT2D eigenvalue weighted by molar-refractivity contribution is -0.137. The summed E-state index contributed by atoms with van der Waals surface area (Å²) in [5.41, 5.74) is 0.0245. The highest BCUT2D eigenvalue weighted by Crippen LogP contribution is 2.32. The molecule has 0 aliphatic heterocycles. The molecule has 1 aromatic heterocycles. The van der Waals surface area contributed by atoms with Crippen LogP contribution < -0.4 is 5.32 Å². The van der Waals surface area contributed by atoms with E-state index in [-0.39, 0.29) is 0 Å². The summed E-state index contributed by atoms with van der Waals surface area (Å²) in [6.45, 7) is 0.984. The van der Waals surface area contributed by atoms with Crippen molar-refractivity contribution in [3.8, 4) is 11.8 Å². The highest BCUT2D eigenvalue weighted by Gasteiger charge is 2.30. The lowest BCUT2D eigenvalue weighted by Crippen LogP contribution is -2.10. The summed E-state index contributed by atoms with van der Waals surface area (Å²) in [4.78, 5) is 3.81. The van der Waals surface area contributed by atoms with Gasteiger partial charge in [0.05, 0.1) is 23.0 Å². The lowest BCUT2D eigenvalue weighted by atomic mass is 10.2. The van der Waals surface area contributed by atoms with Crippen molar-refractivity contribution in [3.05, 3.63) is 35.4 Å². The molecule has 2 rings (SSSR count). The number of anilines is 1. The maximum atomic E-state index is 12.7. The van der Waals surface area contributed by atoms with Crippen molar-refractivity contribution in [2.45, 2.75) is 17.6 Å². The van der Waals surface area contributed by atoms with Gasteiger partial charge in [0.25, 0.3) is 0 Å². The SMILES string of the molecule is CSc1nn(-c2ccc(C(F)(F)F)cc2)c(NCCCN=C=S)c1C#N. The van der Waals surface area contributed by atoms with Crippen molar-refractivity contribution in [1.29, 1.82) is 5.26 Å². The van der Waals surface area contributed by atoms with Crippen LogP contribution in [0.15, 0.2) is 34.3 Å². The van der Waals surface area contributed by atoms with E-state index in [0.29, 0.717) is 41.6 Å². The Morgan fingerprint density at radius 2 is 2.04 bits per heavy atom. The van der Waals surface area contributed by atoms with Gasteiger partial charge in [-0.3, -0.25) is 0 Å². The second-order valence-electron chi connectivity index (χ2n) is 5.05. The summed E-state index contributed by atoms with van der Waals surface area (Å²) in [6, 6.07) is 6.71. The zero-order valence-electron chi connectivity index (χ0n) is 13.7. The predicted molar refractivity (Wildman–Crippen MR) is 98.1 cm³/mol. The molecule has 26 heavy (non-hydrogen) atoms. The number of halogens is 3. The molecule has 1 heterocycles. The second kappa shape index (κ2) is 8.85. The van der Waals surface area contributed by atoms with E-state index in [1.807, 2.05) is 0 Å². The Morgan fingerprint density at radius 3 is 2.58 bits per heavy atom. The van der Waals surface area contributed by atoms with Crippen molar-refractivity contribution in [2.24, 2.45) is 4.99 Å². The van der Waals surface area contributed by atoms with Gasteiger partial charge in [0.2, 0.25) is 0 Å². The molecule has 0 fully saturated rings. The van der Waals surface area contributed by atoms with E-state index in [0.717, 1.165) is 12.1 Å². The maximum absolute atomic E-state index is 12.7. The average Bonchev–Trinajstić information content (AvgIpc) is 2.98. The number of aliphatic imine (C=N–C) groups is 1. The van der Waals surface area contributed by atoms with Gasteiger partial charge in [0.15, 0.2) is 0 Å². The Kier molecular flexibility index (Phi) is 6.80. The summed E-state index contributed by atoms with van der Waals surface area (Å²) in [6.07, 6.45) is -1.98. The fraction of sp³-hybridized carbons (Fsp3) is 0.312. The minimum Gasteiger partial charge on any atom is -0.369 e. The second-order valence-corrected chi connectivity index (χ2v) is 6.03. The number of nitrogens with zero attached hydrogens (tertiary/aromatic N) is 4. The number of thioether (sulfide) groups is 1. The molecule has 5 nitrogen and oxygen atoms in total. The van der Waals surface area contributed by atoms with Crippen molar-refractivity contribution in [1.82, 2.24) is 9.78 Å². The van der Waals surface area contributed by atoms with E-state index >= 15 is 0 Å². The van der Waals surface area contributed by atoms with Crippen molar-refractivity contribution < 1.29 is 13.2 Å². The Hall–Kier alpha value is -2.34. The standard InChI is InChI=1S/C16H14F3N5S2/c1-26-15-13(9-20)14(22-8-2-7-21-10-25)24(23-15)12-5-3-11(4-6-12)16(17,18)19/h3-6,22H,2,7-8H2,1H3. The molecule has 1 aromatic carbocycles. The molecule has 0 unspecified atom stereocenters. The normalized spacial score (nSPS) is 10.9. The van der Waals surface area contributed by atoms with E-state index in [4.69, 9.17) is 0 Å². The molecule has 0 amide bonds. The number of hydrogen-bond donors (Lipinski definition) is 1. The number of isothiocyanates is 1. The smallest absolute Gasteiger partial charge is 0.369 e. The lowest BCUT2D eigenvalue weighted by Gasteiger charge is -2.11. The van der Waals surface area contributed by atoms with Crippen molar-refractivity contribution in [3.63, 3.8) is 0 Å². The zero-order valence-corrected chi connectivity index (χ0v) is 15.3. The van der Waals surface area contributed by atoms with Gasteiger partial charge in [0, 0.05) is 6.54 Å². The Morgan fingerprint density at radius 1 is 1.35 bits per heavy atom. The summed E-state index contributed by atoms with van der Waals surface area (Å²) in [5, 5.41) is 19.6. The molecule has 0 aliphatic carbocycles. The van der Waals surface area contributed by atoms with Crippen LogP contribution in [-0.2, 0) is 6.18 Å². The van der Waals surface area contributed by atoms with Crippen LogP contribution in [0.5, 0.6) is 0 Å². The number of nitriles is 1. The van der Waals surface area contributed by atoms with E-state index < -0.39 is 11.7 Å². The molecule has 2 aromatic rings. The van der Waals surface area contributed by atoms with Gasteiger partial charge in [-0.05, 0) is 49.2 Å². The molecule has 1 N–H and O–H groups in total. The Labute approximate surface area is 157 Å². The number of nitrogens with one attached hydrogen (secondary N) is 1. The summed E-state index contributed by atoms with van der Waals surface area (Å²) in [5.74, 6) is 0.433. The van der Waals surface area contributed by atoms with Crippen LogP contribution in [-0.4, -0.2) is 34.3 Å². The Balaban J connectivity index is 2.36. The molecular formula is C16H14F3N5S2. The van der Waals surface area contributed by atoms with Gasteiger partial charge in [-0.15, -0.1) is 11.8 Å². The van der Waals surface area contributed by atoms with Gasteiger partial charge < -0.3 is 5.32 Å². The monoisotopic (exact) mass is 397 g/mol. The highest BCUT2D eigenvalue weighted by molar-refractivity contribution is 7.98. The van der Waals surface area contributed by atoms with Gasteiger partial charge in [0.1, 0.15) is 22.5 Å². The average molecular weight is 397 g/mol. The Bertz CT molecular complexity index is 846. The molecule has 0 saturated carbocycles. The van der Waals surface area contributed by atoms with Crippen LogP contribution in [0.3, 0.4) is 0 Å². The first-order valence-electron chi connectivity index (χ1n) is 7.44. The summed E-state index contributed by atoms with van der Waals surface area (Å²) in [7, 11) is 0. The molecule has 0 radical (unpaired) electrons. The molecule has 0 aliphatic rings. The minimum atomic E-state index is -4.41. The van der Waals surface area contributed by atoms with E-state index in [2.05, 4.69) is 38.9 Å². The maximum Gasteiger partial charge on any atom is 0.416 e. The molecule has 0 bridgehead atoms. The zero-order chi connectivity index (χ0) is 19.2. The molecule has 136 valence electrons. The number of aromatic nitrogens is 2. The molecule has 0 spiro atoms. The van der Waals surface area contributed by atoms with Gasteiger partial charge in [-0.2, -0.15) is 23.5 Å². The number of alkyl halides is 3. The van der Waals surface area contributed by atoms with Crippen LogP contribution in [0.2, 0.25) is 0 Å². The van der Waals surface area contributed by atoms with E-state index in [9.17, 15) is 18.4 Å². The van der Waals surface area contributed by atoms with E-state index in [1.165, 1.54) is 28.6 Å². The predicted octanol–water partition coefficient (Wildman–Crippen LogP) is 4.39. The first kappa shape index (κ1) is 20.0. The molecule has 0 saturated heterocycles. The minimum absolute atomic E-state index is 0.343. The van der Waals surface area contributed by atoms with Gasteiger partial charge >= 0.3 is 6.18 Å². The largest absolute Gasteiger partial charge is 0.416 e. The van der Waals surface area contributed by atoms with Gasteiger partial charge in [-0.1, -0.05) is 0 Å². The van der Waals surface area contributed by atoms with E-state index in [1.54, 1.807) is 6.26 Å². The highest BCUT2D eigenvalue weighted by atomic mass is 32.2. The van der Waals surface area contributed by atoms with Crippen molar-refractivity contribution >= 4 is 35.0 Å². The van der Waals surface area contributed by atoms with Crippen molar-refractivity contribution in [2.75, 3.05) is 24.7 Å². The first-order valence-corrected chi connectivity index (χ1v) is 9.08. The topological polar surface area (TPSA) is 66.0 Å². The molecule has 10 heteroatoms. The number of benzene rings is 1. The third-order valence-electron chi connectivity index (χ3n) is 3.40. The molecule has 0 atom stereocenters. The number of rotatable bonds is 7. The fourth-order valence-electron chi connectivity index (χ4n) is 2.19. The summed E-state index contributed by atoms with van der Waals surface area (Å²) >= 11 is 5.79. The summed E-state index contributed by atoms with van der Waals surface area (Å²) < 4.78 is 39.7. The number of thiocarbonyl (C=S) groups is 1. The third-order valence-corrected chi connectivity index (χ3v) is 4.20. The quantitative estimate of drug-likeness (QED) is 0.325. The third kappa shape index (κ3) is 4.64. The van der Waals surface area contributed by atoms with Crippen LogP contribution in [0.25, 0.3) is 5.69 Å². The van der Waals surface area contributed by atoms with Gasteiger partial charge in [-0.25, -0.2) is 9.67 Å². The van der Waals surface area contributed by atoms with Crippen LogP contribution >= 0.6 is 24.0 Å². The van der Waals surface area contributed by atoms with Crippen LogP contribution in [0, 0.1) is 11.3 Å². The van der Waals surface area contributed by atoms with Crippen LogP contribution in [0.4, 0.5) is 19.0 Å². The first-order chi connectivity index (χ1) is 12.4. The van der Waals surface area contributed by atoms with Crippen LogP contribution in [0.1, 0.15) is 17.5 Å². The fourth-order valence-corrected chi connectivity index (χ4v) is 2.79. The molecular weight excluding hydrogens is 383 g/mol.